The van der Waals surface area contributed by atoms with Crippen LogP contribution in [-0.4, -0.2) is 19.3 Å². The average molecular weight is 223 g/mol. The first kappa shape index (κ1) is 10.3. The summed E-state index contributed by atoms with van der Waals surface area (Å²) in [6.45, 7) is -2.51. The summed E-state index contributed by atoms with van der Waals surface area (Å²) in [7, 11) is 0. The van der Waals surface area contributed by atoms with Crippen molar-refractivity contribution in [3.8, 4) is 6.07 Å². The first-order valence-corrected chi connectivity index (χ1v) is 4.43. The summed E-state index contributed by atoms with van der Waals surface area (Å²) in [4.78, 5) is 3.81. The van der Waals surface area contributed by atoms with Gasteiger partial charge in [0.05, 0.1) is 18.3 Å². The molecule has 2 aromatic heterocycles. The lowest BCUT2D eigenvalue weighted by atomic mass is 10.4. The molecule has 0 radical (unpaired) electrons. The van der Waals surface area contributed by atoms with Crippen LogP contribution in [-0.2, 0) is 6.54 Å². The molecule has 0 saturated carbocycles. The van der Waals surface area contributed by atoms with E-state index in [0.29, 0.717) is 5.56 Å². The Hall–Kier alpha value is -2.23. The van der Waals surface area contributed by atoms with Crippen LogP contribution in [0, 0.1) is 11.3 Å². The molecule has 0 aromatic carbocycles. The van der Waals surface area contributed by atoms with Crippen LogP contribution in [0.25, 0.3) is 0 Å². The van der Waals surface area contributed by atoms with Gasteiger partial charge in [0.15, 0.2) is 0 Å². The Morgan fingerprint density at radius 3 is 2.94 bits per heavy atom. The topological polar surface area (TPSA) is 59.4 Å². The van der Waals surface area contributed by atoms with E-state index in [2.05, 4.69) is 10.1 Å². The summed E-state index contributed by atoms with van der Waals surface area (Å²) in [5.74, 6) is 0.197. The Labute approximate surface area is 89.6 Å². The molecule has 0 fully saturated rings. The fourth-order valence-corrected chi connectivity index (χ4v) is 1.30. The molecule has 2 rings (SSSR count). The molecule has 0 atom stereocenters. The molecule has 82 valence electrons. The lowest BCUT2D eigenvalue weighted by Crippen LogP contribution is -2.09. The fraction of sp³-hybridized carbons (Fsp3) is 0.222. The molecule has 2 aromatic rings. The highest BCUT2D eigenvalue weighted by atomic mass is 19.3. The summed E-state index contributed by atoms with van der Waals surface area (Å²) < 4.78 is 27.1. The zero-order valence-corrected chi connectivity index (χ0v) is 8.09. The van der Waals surface area contributed by atoms with Gasteiger partial charge in [-0.2, -0.15) is 19.1 Å². The number of imidazole rings is 1. The minimum Gasteiger partial charge on any atom is -0.276 e. The van der Waals surface area contributed by atoms with E-state index in [4.69, 9.17) is 5.26 Å². The molecule has 7 heteroatoms. The smallest absolute Gasteiger partial charge is 0.276 e. The lowest BCUT2D eigenvalue weighted by Gasteiger charge is -2.05. The third-order valence-electron chi connectivity index (χ3n) is 2.02. The van der Waals surface area contributed by atoms with E-state index >= 15 is 0 Å². The highest BCUT2D eigenvalue weighted by molar-refractivity contribution is 5.21. The van der Waals surface area contributed by atoms with Gasteiger partial charge in [0.1, 0.15) is 11.9 Å². The van der Waals surface area contributed by atoms with Crippen LogP contribution in [0.15, 0.2) is 24.8 Å². The van der Waals surface area contributed by atoms with Crippen LogP contribution < -0.4 is 0 Å². The fourth-order valence-electron chi connectivity index (χ4n) is 1.30. The van der Waals surface area contributed by atoms with Gasteiger partial charge < -0.3 is 0 Å². The van der Waals surface area contributed by atoms with Crippen molar-refractivity contribution in [2.45, 2.75) is 13.1 Å². The van der Waals surface area contributed by atoms with E-state index in [1.54, 1.807) is 0 Å². The predicted molar refractivity (Wildman–Crippen MR) is 49.5 cm³/mol. The first-order valence-electron chi connectivity index (χ1n) is 4.43. The molecule has 0 unspecified atom stereocenters. The number of alkyl halides is 2. The Kier molecular flexibility index (Phi) is 2.64. The molecular weight excluding hydrogens is 216 g/mol. The maximum atomic E-state index is 12.5. The summed E-state index contributed by atoms with van der Waals surface area (Å²) in [5, 5.41) is 12.4. The summed E-state index contributed by atoms with van der Waals surface area (Å²) in [6, 6.07) is 1.91. The zero-order chi connectivity index (χ0) is 11.5. The largest absolute Gasteiger partial charge is 0.319 e. The van der Waals surface area contributed by atoms with Gasteiger partial charge in [0.25, 0.3) is 0 Å². The van der Waals surface area contributed by atoms with Gasteiger partial charge in [-0.05, 0) is 0 Å². The van der Waals surface area contributed by atoms with Crippen LogP contribution in [0.3, 0.4) is 0 Å². The monoisotopic (exact) mass is 223 g/mol. The molecule has 0 spiro atoms. The second-order valence-electron chi connectivity index (χ2n) is 3.07. The summed E-state index contributed by atoms with van der Waals surface area (Å²) in [5.41, 5.74) is 0.384. The van der Waals surface area contributed by atoms with Crippen molar-refractivity contribution >= 4 is 0 Å². The zero-order valence-electron chi connectivity index (χ0n) is 8.09. The molecule has 0 bridgehead atoms. The molecule has 0 aliphatic carbocycles. The molecule has 0 aliphatic heterocycles. The highest BCUT2D eigenvalue weighted by Crippen LogP contribution is 2.13. The first-order chi connectivity index (χ1) is 7.70. The average Bonchev–Trinajstić information content (AvgIpc) is 2.87. The van der Waals surface area contributed by atoms with Gasteiger partial charge in [-0.15, -0.1) is 0 Å². The van der Waals surface area contributed by atoms with Crippen LogP contribution >= 0.6 is 0 Å². The third-order valence-corrected chi connectivity index (χ3v) is 2.02. The Morgan fingerprint density at radius 2 is 2.31 bits per heavy atom. The molecule has 0 aliphatic rings. The quantitative estimate of drug-likeness (QED) is 0.790. The van der Waals surface area contributed by atoms with E-state index in [0.717, 1.165) is 4.57 Å². The van der Waals surface area contributed by atoms with Crippen molar-refractivity contribution in [1.29, 1.82) is 5.26 Å². The molecular formula is C9H7F2N5. The number of nitriles is 1. The van der Waals surface area contributed by atoms with E-state index in [9.17, 15) is 8.78 Å². The molecule has 16 heavy (non-hydrogen) atoms. The van der Waals surface area contributed by atoms with Crippen molar-refractivity contribution in [1.82, 2.24) is 19.3 Å². The van der Waals surface area contributed by atoms with Gasteiger partial charge in [-0.25, -0.2) is 4.98 Å². The van der Waals surface area contributed by atoms with Crippen molar-refractivity contribution < 1.29 is 8.78 Å². The lowest BCUT2D eigenvalue weighted by molar-refractivity contribution is 0.0665. The Balaban J connectivity index is 2.21. The minimum atomic E-state index is -2.62. The summed E-state index contributed by atoms with van der Waals surface area (Å²) >= 11 is 0. The SMILES string of the molecule is N#Cc1cnn(Cc2nccn2C(F)F)c1. The van der Waals surface area contributed by atoms with E-state index in [-0.39, 0.29) is 12.4 Å². The second-order valence-corrected chi connectivity index (χ2v) is 3.07. The summed E-state index contributed by atoms with van der Waals surface area (Å²) in [6.07, 6.45) is 5.35. The van der Waals surface area contributed by atoms with Crippen molar-refractivity contribution in [3.63, 3.8) is 0 Å². The van der Waals surface area contributed by atoms with E-state index < -0.39 is 6.55 Å². The standard InChI is InChI=1S/C9H7F2N5/c10-9(11)16-2-1-13-8(16)6-15-5-7(3-12)4-14-15/h1-2,4-5,9H,6H2. The van der Waals surface area contributed by atoms with E-state index in [1.807, 2.05) is 6.07 Å². The number of halogens is 2. The number of aromatic nitrogens is 4. The van der Waals surface area contributed by atoms with Gasteiger partial charge in [0.2, 0.25) is 0 Å². The maximum absolute atomic E-state index is 12.5. The normalized spacial score (nSPS) is 10.6. The molecule has 0 amide bonds. The maximum Gasteiger partial charge on any atom is 0.319 e. The molecule has 0 saturated heterocycles. The Bertz CT molecular complexity index is 522. The number of hydrogen-bond donors (Lipinski definition) is 0. The Morgan fingerprint density at radius 1 is 1.50 bits per heavy atom. The van der Waals surface area contributed by atoms with Crippen molar-refractivity contribution in [3.05, 3.63) is 36.2 Å². The highest BCUT2D eigenvalue weighted by Gasteiger charge is 2.11. The van der Waals surface area contributed by atoms with Gasteiger partial charge in [-0.3, -0.25) is 9.25 Å². The predicted octanol–water partition coefficient (Wildman–Crippen LogP) is 1.39. The van der Waals surface area contributed by atoms with Crippen LogP contribution in [0.4, 0.5) is 8.78 Å². The van der Waals surface area contributed by atoms with Crippen LogP contribution in [0.5, 0.6) is 0 Å². The third kappa shape index (κ3) is 1.91. The number of nitrogens with zero attached hydrogens (tertiary/aromatic N) is 5. The van der Waals surface area contributed by atoms with E-state index in [1.165, 1.54) is 29.5 Å². The number of rotatable bonds is 3. The van der Waals surface area contributed by atoms with Crippen LogP contribution in [0.1, 0.15) is 17.9 Å². The molecule has 0 N–H and O–H groups in total. The van der Waals surface area contributed by atoms with Crippen molar-refractivity contribution in [2.75, 3.05) is 0 Å². The van der Waals surface area contributed by atoms with Gasteiger partial charge in [0, 0.05) is 18.6 Å². The number of hydrogen-bond acceptors (Lipinski definition) is 3. The second kappa shape index (κ2) is 4.10. The van der Waals surface area contributed by atoms with Gasteiger partial charge in [-0.1, -0.05) is 0 Å². The molecule has 5 nitrogen and oxygen atoms in total. The minimum absolute atomic E-state index is 0.110. The van der Waals surface area contributed by atoms with Gasteiger partial charge >= 0.3 is 6.55 Å². The van der Waals surface area contributed by atoms with Crippen LogP contribution in [0.2, 0.25) is 0 Å². The van der Waals surface area contributed by atoms with Crippen molar-refractivity contribution in [2.24, 2.45) is 0 Å². The molecule has 2 heterocycles.